The van der Waals surface area contributed by atoms with Crippen LogP contribution in [-0.4, -0.2) is 9.97 Å². The number of aromatic nitrogens is 2. The predicted octanol–water partition coefficient (Wildman–Crippen LogP) is 2.09. The highest BCUT2D eigenvalue weighted by molar-refractivity contribution is 5.35. The molecule has 0 fully saturated rings. The van der Waals surface area contributed by atoms with Crippen LogP contribution in [0.4, 0.5) is 0 Å². The van der Waals surface area contributed by atoms with E-state index in [1.165, 1.54) is 11.9 Å². The lowest BCUT2D eigenvalue weighted by molar-refractivity contribution is 0.832. The Morgan fingerprint density at radius 1 is 1.19 bits per heavy atom. The normalized spacial score (nSPS) is 12.4. The Bertz CT molecular complexity index is 454. The van der Waals surface area contributed by atoms with Crippen molar-refractivity contribution in [3.63, 3.8) is 0 Å². The molecule has 1 atom stereocenters. The summed E-state index contributed by atoms with van der Waals surface area (Å²) in [6.07, 6.45) is 6.04. The second-order valence-corrected chi connectivity index (χ2v) is 3.70. The summed E-state index contributed by atoms with van der Waals surface area (Å²) in [6, 6.07) is 8.09. The highest BCUT2D eigenvalue weighted by Crippen LogP contribution is 2.21. The molecule has 1 aromatic heterocycles. The number of nitrogens with zero attached hydrogens (tertiary/aromatic N) is 2. The molecule has 0 amide bonds. The van der Waals surface area contributed by atoms with E-state index in [1.54, 1.807) is 12.4 Å². The largest absolute Gasteiger partial charge is 0.320 e. The van der Waals surface area contributed by atoms with E-state index in [9.17, 15) is 0 Å². The molecule has 3 heteroatoms. The van der Waals surface area contributed by atoms with Gasteiger partial charge >= 0.3 is 0 Å². The fourth-order valence-electron chi connectivity index (χ4n) is 1.81. The van der Waals surface area contributed by atoms with Crippen molar-refractivity contribution in [3.05, 3.63) is 59.7 Å². The Morgan fingerprint density at radius 3 is 2.56 bits per heavy atom. The van der Waals surface area contributed by atoms with Crippen molar-refractivity contribution in [2.75, 3.05) is 0 Å². The number of rotatable bonds is 3. The van der Waals surface area contributed by atoms with E-state index in [0.717, 1.165) is 17.5 Å². The first-order valence-corrected chi connectivity index (χ1v) is 5.41. The van der Waals surface area contributed by atoms with Crippen LogP contribution in [-0.2, 0) is 6.42 Å². The summed E-state index contributed by atoms with van der Waals surface area (Å²) in [6.45, 7) is 2.13. The lowest BCUT2D eigenvalue weighted by atomic mass is 9.96. The molecule has 2 N–H and O–H groups in total. The highest BCUT2D eigenvalue weighted by atomic mass is 14.8. The van der Waals surface area contributed by atoms with E-state index >= 15 is 0 Å². The first-order valence-electron chi connectivity index (χ1n) is 5.41. The average Bonchev–Trinajstić information content (AvgIpc) is 2.39. The standard InChI is InChI=1S/C13H15N3/c1-2-10-5-3-4-6-12(10)13(14)11-7-15-9-16-8-11/h3-9,13H,2,14H2,1H3. The first-order chi connectivity index (χ1) is 7.83. The maximum atomic E-state index is 6.21. The Balaban J connectivity index is 2.37. The van der Waals surface area contributed by atoms with Gasteiger partial charge in [-0.25, -0.2) is 9.97 Å². The van der Waals surface area contributed by atoms with Gasteiger partial charge in [-0.1, -0.05) is 31.2 Å². The summed E-state index contributed by atoms with van der Waals surface area (Å²) in [5.41, 5.74) is 9.59. The molecule has 3 nitrogen and oxygen atoms in total. The number of hydrogen-bond donors (Lipinski definition) is 1. The molecule has 2 aromatic rings. The molecule has 1 unspecified atom stereocenters. The molecule has 82 valence electrons. The van der Waals surface area contributed by atoms with Gasteiger partial charge in [0.25, 0.3) is 0 Å². The molecule has 1 heterocycles. The van der Waals surface area contributed by atoms with Gasteiger partial charge in [-0.2, -0.15) is 0 Å². The smallest absolute Gasteiger partial charge is 0.115 e. The van der Waals surface area contributed by atoms with Crippen LogP contribution in [0.5, 0.6) is 0 Å². The molecule has 0 saturated carbocycles. The minimum atomic E-state index is -0.141. The lowest BCUT2D eigenvalue weighted by Crippen LogP contribution is -2.14. The van der Waals surface area contributed by atoms with Crippen LogP contribution < -0.4 is 5.73 Å². The van der Waals surface area contributed by atoms with Crippen LogP contribution >= 0.6 is 0 Å². The van der Waals surface area contributed by atoms with Crippen LogP contribution in [0.15, 0.2) is 43.0 Å². The fraction of sp³-hybridized carbons (Fsp3) is 0.231. The molecule has 1 aromatic carbocycles. The van der Waals surface area contributed by atoms with Gasteiger partial charge < -0.3 is 5.73 Å². The van der Waals surface area contributed by atoms with Gasteiger partial charge in [0.05, 0.1) is 6.04 Å². The number of nitrogens with two attached hydrogens (primary N) is 1. The Labute approximate surface area is 95.4 Å². The quantitative estimate of drug-likeness (QED) is 0.849. The summed E-state index contributed by atoms with van der Waals surface area (Å²) >= 11 is 0. The van der Waals surface area contributed by atoms with Crippen LogP contribution in [0.25, 0.3) is 0 Å². The molecule has 16 heavy (non-hydrogen) atoms. The van der Waals surface area contributed by atoms with Crippen LogP contribution in [0.2, 0.25) is 0 Å². The van der Waals surface area contributed by atoms with Gasteiger partial charge in [0.2, 0.25) is 0 Å². The lowest BCUT2D eigenvalue weighted by Gasteiger charge is -2.15. The van der Waals surface area contributed by atoms with Crippen molar-refractivity contribution in [3.8, 4) is 0 Å². The summed E-state index contributed by atoms with van der Waals surface area (Å²) in [4.78, 5) is 7.99. The molecule has 2 rings (SSSR count). The zero-order valence-corrected chi connectivity index (χ0v) is 9.30. The zero-order valence-electron chi connectivity index (χ0n) is 9.30. The Hall–Kier alpha value is -1.74. The molecule has 0 aliphatic carbocycles. The SMILES string of the molecule is CCc1ccccc1C(N)c1cncnc1. The summed E-state index contributed by atoms with van der Waals surface area (Å²) in [5, 5.41) is 0. The predicted molar refractivity (Wildman–Crippen MR) is 63.9 cm³/mol. The topological polar surface area (TPSA) is 51.8 Å². The van der Waals surface area contributed by atoms with Crippen molar-refractivity contribution >= 4 is 0 Å². The van der Waals surface area contributed by atoms with E-state index in [-0.39, 0.29) is 6.04 Å². The minimum absolute atomic E-state index is 0.141. The number of aryl methyl sites for hydroxylation is 1. The first kappa shape index (κ1) is 10.8. The Morgan fingerprint density at radius 2 is 1.88 bits per heavy atom. The van der Waals surface area contributed by atoms with Crippen molar-refractivity contribution < 1.29 is 0 Å². The van der Waals surface area contributed by atoms with Gasteiger partial charge in [-0.15, -0.1) is 0 Å². The molecule has 0 aliphatic rings. The van der Waals surface area contributed by atoms with Crippen molar-refractivity contribution in [2.24, 2.45) is 5.73 Å². The van der Waals surface area contributed by atoms with Gasteiger partial charge in [0, 0.05) is 18.0 Å². The van der Waals surface area contributed by atoms with E-state index in [0.29, 0.717) is 0 Å². The molecule has 0 bridgehead atoms. The van der Waals surface area contributed by atoms with E-state index in [4.69, 9.17) is 5.73 Å². The molecular weight excluding hydrogens is 198 g/mol. The highest BCUT2D eigenvalue weighted by Gasteiger charge is 2.11. The molecular formula is C13H15N3. The molecule has 0 aliphatic heterocycles. The number of benzene rings is 1. The molecule has 0 saturated heterocycles. The van der Waals surface area contributed by atoms with E-state index < -0.39 is 0 Å². The summed E-state index contributed by atoms with van der Waals surface area (Å²) < 4.78 is 0. The van der Waals surface area contributed by atoms with Crippen LogP contribution in [0.1, 0.15) is 29.7 Å². The third kappa shape index (κ3) is 2.09. The second-order valence-electron chi connectivity index (χ2n) is 3.70. The van der Waals surface area contributed by atoms with Crippen LogP contribution in [0.3, 0.4) is 0 Å². The third-order valence-electron chi connectivity index (χ3n) is 2.71. The monoisotopic (exact) mass is 213 g/mol. The molecule has 0 spiro atoms. The van der Waals surface area contributed by atoms with Gasteiger partial charge in [-0.05, 0) is 17.5 Å². The van der Waals surface area contributed by atoms with Gasteiger partial charge in [0.1, 0.15) is 6.33 Å². The van der Waals surface area contributed by atoms with Crippen molar-refractivity contribution in [1.29, 1.82) is 0 Å². The van der Waals surface area contributed by atoms with E-state index in [2.05, 4.69) is 29.0 Å². The zero-order chi connectivity index (χ0) is 11.4. The van der Waals surface area contributed by atoms with Gasteiger partial charge in [-0.3, -0.25) is 0 Å². The maximum Gasteiger partial charge on any atom is 0.115 e. The van der Waals surface area contributed by atoms with Crippen molar-refractivity contribution in [1.82, 2.24) is 9.97 Å². The second kappa shape index (κ2) is 4.86. The van der Waals surface area contributed by atoms with Crippen LogP contribution in [0, 0.1) is 0 Å². The number of hydrogen-bond acceptors (Lipinski definition) is 3. The van der Waals surface area contributed by atoms with Crippen molar-refractivity contribution in [2.45, 2.75) is 19.4 Å². The van der Waals surface area contributed by atoms with Gasteiger partial charge in [0.15, 0.2) is 0 Å². The third-order valence-corrected chi connectivity index (χ3v) is 2.71. The molecule has 0 radical (unpaired) electrons. The van der Waals surface area contributed by atoms with E-state index in [1.807, 2.05) is 12.1 Å². The summed E-state index contributed by atoms with van der Waals surface area (Å²) in [7, 11) is 0. The minimum Gasteiger partial charge on any atom is -0.320 e. The fourth-order valence-corrected chi connectivity index (χ4v) is 1.81. The maximum absolute atomic E-state index is 6.21. The average molecular weight is 213 g/mol. The Kier molecular flexibility index (Phi) is 3.27. The summed E-state index contributed by atoms with van der Waals surface area (Å²) in [5.74, 6) is 0.